The number of anilines is 2. The second kappa shape index (κ2) is 5.75. The van der Waals surface area contributed by atoms with Crippen LogP contribution in [0.5, 0.6) is 0 Å². The summed E-state index contributed by atoms with van der Waals surface area (Å²) in [5.74, 6) is -0.953. The van der Waals surface area contributed by atoms with Gasteiger partial charge in [0.05, 0.1) is 11.4 Å². The fourth-order valence-corrected chi connectivity index (χ4v) is 2.16. The van der Waals surface area contributed by atoms with Crippen molar-refractivity contribution in [2.75, 3.05) is 17.3 Å². The fraction of sp³-hybridized carbons (Fsp3) is 0.0714. The van der Waals surface area contributed by atoms with Crippen LogP contribution in [-0.2, 0) is 0 Å². The van der Waals surface area contributed by atoms with Crippen LogP contribution < -0.4 is 11.1 Å². The zero-order valence-electron chi connectivity index (χ0n) is 10.3. The number of para-hydroxylation sites is 1. The number of nitrogens with two attached hydrogens (primary N) is 1. The summed E-state index contributed by atoms with van der Waals surface area (Å²) in [5, 5.41) is 2.76. The van der Waals surface area contributed by atoms with E-state index in [2.05, 4.69) is 5.32 Å². The maximum absolute atomic E-state index is 13.3. The van der Waals surface area contributed by atoms with Gasteiger partial charge in [-0.3, -0.25) is 4.79 Å². The molecule has 3 nitrogen and oxygen atoms in total. The molecule has 5 heteroatoms. The highest BCUT2D eigenvalue weighted by Crippen LogP contribution is 2.25. The average Bonchev–Trinajstić information content (AvgIpc) is 2.42. The predicted octanol–water partition coefficient (Wildman–Crippen LogP) is 3.38. The highest BCUT2D eigenvalue weighted by molar-refractivity contribution is 7.98. The number of nitrogens with one attached hydrogen (secondary N) is 1. The topological polar surface area (TPSA) is 55.1 Å². The molecule has 0 bridgehead atoms. The van der Waals surface area contributed by atoms with Crippen molar-refractivity contribution in [1.82, 2.24) is 0 Å². The number of carbonyl (C=O) groups is 1. The first-order chi connectivity index (χ1) is 9.11. The van der Waals surface area contributed by atoms with E-state index in [1.807, 2.05) is 24.5 Å². The maximum Gasteiger partial charge on any atom is 0.255 e. The Morgan fingerprint density at radius 1 is 1.26 bits per heavy atom. The normalized spacial score (nSPS) is 10.2. The molecule has 3 N–H and O–H groups in total. The van der Waals surface area contributed by atoms with Crippen molar-refractivity contribution < 1.29 is 9.18 Å². The van der Waals surface area contributed by atoms with Gasteiger partial charge in [0.2, 0.25) is 0 Å². The minimum absolute atomic E-state index is 0.0288. The van der Waals surface area contributed by atoms with Gasteiger partial charge in [-0.15, -0.1) is 11.8 Å². The second-order valence-corrected chi connectivity index (χ2v) is 4.74. The number of carbonyl (C=O) groups excluding carboxylic acids is 1. The van der Waals surface area contributed by atoms with Gasteiger partial charge in [-0.1, -0.05) is 12.1 Å². The number of nitrogen functional groups attached to an aromatic ring is 1. The molecule has 0 unspecified atom stereocenters. The van der Waals surface area contributed by atoms with Crippen LogP contribution in [0.2, 0.25) is 0 Å². The van der Waals surface area contributed by atoms with E-state index in [4.69, 9.17) is 5.73 Å². The van der Waals surface area contributed by atoms with Crippen molar-refractivity contribution >= 4 is 29.0 Å². The molecule has 2 rings (SSSR count). The molecule has 1 amide bonds. The molecule has 0 radical (unpaired) electrons. The number of rotatable bonds is 3. The molecule has 0 atom stereocenters. The minimum atomic E-state index is -0.592. The van der Waals surface area contributed by atoms with Crippen LogP contribution in [0.4, 0.5) is 15.8 Å². The number of thioether (sulfide) groups is 1. The zero-order valence-corrected chi connectivity index (χ0v) is 11.1. The zero-order chi connectivity index (χ0) is 13.8. The Morgan fingerprint density at radius 2 is 2.00 bits per heavy atom. The van der Waals surface area contributed by atoms with E-state index >= 15 is 0 Å². The summed E-state index contributed by atoms with van der Waals surface area (Å²) in [6.07, 6.45) is 1.92. The molecule has 0 aliphatic rings. The standard InChI is InChI=1S/C14H13FN2OS/c1-19-13-5-3-2-4-12(13)17-14(18)9-6-7-11(16)10(15)8-9/h2-8H,16H2,1H3,(H,17,18). The predicted molar refractivity (Wildman–Crippen MR) is 77.0 cm³/mol. The number of benzene rings is 2. The van der Waals surface area contributed by atoms with E-state index < -0.39 is 5.82 Å². The largest absolute Gasteiger partial charge is 0.396 e. The van der Waals surface area contributed by atoms with Crippen molar-refractivity contribution in [2.45, 2.75) is 4.90 Å². The number of hydrogen-bond acceptors (Lipinski definition) is 3. The molecule has 0 saturated heterocycles. The van der Waals surface area contributed by atoms with Crippen molar-refractivity contribution in [1.29, 1.82) is 0 Å². The maximum atomic E-state index is 13.3. The molecular weight excluding hydrogens is 263 g/mol. The third-order valence-corrected chi connectivity index (χ3v) is 3.41. The fourth-order valence-electron chi connectivity index (χ4n) is 1.61. The summed E-state index contributed by atoms with van der Waals surface area (Å²) in [5.41, 5.74) is 6.35. The first-order valence-electron chi connectivity index (χ1n) is 5.61. The number of amides is 1. The molecule has 2 aromatic carbocycles. The number of hydrogen-bond donors (Lipinski definition) is 2. The van der Waals surface area contributed by atoms with Gasteiger partial charge in [0.15, 0.2) is 0 Å². The van der Waals surface area contributed by atoms with E-state index in [-0.39, 0.29) is 17.2 Å². The van der Waals surface area contributed by atoms with Gasteiger partial charge in [-0.2, -0.15) is 0 Å². The van der Waals surface area contributed by atoms with Crippen molar-refractivity contribution in [3.05, 3.63) is 53.8 Å². The van der Waals surface area contributed by atoms with Crippen LogP contribution >= 0.6 is 11.8 Å². The summed E-state index contributed by atoms with van der Waals surface area (Å²) in [7, 11) is 0. The highest BCUT2D eigenvalue weighted by atomic mass is 32.2. The summed E-state index contributed by atoms with van der Waals surface area (Å²) < 4.78 is 13.3. The average molecular weight is 276 g/mol. The van der Waals surface area contributed by atoms with Gasteiger partial charge in [-0.05, 0) is 36.6 Å². The van der Waals surface area contributed by atoms with Gasteiger partial charge < -0.3 is 11.1 Å². The molecule has 0 aromatic heterocycles. The SMILES string of the molecule is CSc1ccccc1NC(=O)c1ccc(N)c(F)c1. The molecule has 0 aliphatic heterocycles. The van der Waals surface area contributed by atoms with Gasteiger partial charge in [0.25, 0.3) is 5.91 Å². The second-order valence-electron chi connectivity index (χ2n) is 3.89. The lowest BCUT2D eigenvalue weighted by Gasteiger charge is -2.09. The van der Waals surface area contributed by atoms with Gasteiger partial charge in [-0.25, -0.2) is 4.39 Å². The van der Waals surface area contributed by atoms with Crippen molar-refractivity contribution in [2.24, 2.45) is 0 Å². The molecule has 19 heavy (non-hydrogen) atoms. The quantitative estimate of drug-likeness (QED) is 0.667. The van der Waals surface area contributed by atoms with Crippen LogP contribution in [0.1, 0.15) is 10.4 Å². The lowest BCUT2D eigenvalue weighted by Crippen LogP contribution is -2.13. The van der Waals surface area contributed by atoms with E-state index in [1.165, 1.54) is 23.9 Å². The van der Waals surface area contributed by atoms with Gasteiger partial charge >= 0.3 is 0 Å². The van der Waals surface area contributed by atoms with Crippen LogP contribution in [0.3, 0.4) is 0 Å². The molecule has 0 heterocycles. The van der Waals surface area contributed by atoms with Crippen LogP contribution in [0.15, 0.2) is 47.4 Å². The number of halogens is 1. The van der Waals surface area contributed by atoms with E-state index in [0.29, 0.717) is 5.69 Å². The van der Waals surface area contributed by atoms with Gasteiger partial charge in [0.1, 0.15) is 5.82 Å². The highest BCUT2D eigenvalue weighted by Gasteiger charge is 2.10. The van der Waals surface area contributed by atoms with Crippen molar-refractivity contribution in [3.8, 4) is 0 Å². The Hall–Kier alpha value is -2.01. The van der Waals surface area contributed by atoms with E-state index in [9.17, 15) is 9.18 Å². The lowest BCUT2D eigenvalue weighted by atomic mass is 10.2. The van der Waals surface area contributed by atoms with E-state index in [1.54, 1.807) is 6.07 Å². The summed E-state index contributed by atoms with van der Waals surface area (Å²) in [6, 6.07) is 11.4. The summed E-state index contributed by atoms with van der Waals surface area (Å²) in [6.45, 7) is 0. The molecule has 98 valence electrons. The van der Waals surface area contributed by atoms with Crippen molar-refractivity contribution in [3.63, 3.8) is 0 Å². The monoisotopic (exact) mass is 276 g/mol. The molecule has 0 saturated carbocycles. The molecular formula is C14H13FN2OS. The first kappa shape index (κ1) is 13.4. The third kappa shape index (κ3) is 3.06. The Labute approximate surface area is 115 Å². The molecule has 0 fully saturated rings. The molecule has 0 spiro atoms. The smallest absolute Gasteiger partial charge is 0.255 e. The van der Waals surface area contributed by atoms with Crippen LogP contribution in [-0.4, -0.2) is 12.2 Å². The molecule has 0 aliphatic carbocycles. The third-order valence-electron chi connectivity index (χ3n) is 2.62. The Kier molecular flexibility index (Phi) is 4.06. The summed E-state index contributed by atoms with van der Waals surface area (Å²) >= 11 is 1.53. The first-order valence-corrected chi connectivity index (χ1v) is 6.83. The van der Waals surface area contributed by atoms with Crippen LogP contribution in [0.25, 0.3) is 0 Å². The molecule has 2 aromatic rings. The Balaban J connectivity index is 2.23. The van der Waals surface area contributed by atoms with E-state index in [0.717, 1.165) is 11.0 Å². The van der Waals surface area contributed by atoms with Gasteiger partial charge in [0, 0.05) is 10.5 Å². The van der Waals surface area contributed by atoms with Crippen LogP contribution in [0, 0.1) is 5.82 Å². The Morgan fingerprint density at radius 3 is 2.68 bits per heavy atom. The minimum Gasteiger partial charge on any atom is -0.396 e. The lowest BCUT2D eigenvalue weighted by molar-refractivity contribution is 0.102. The Bertz CT molecular complexity index is 616. The summed E-state index contributed by atoms with van der Waals surface area (Å²) in [4.78, 5) is 13.0.